The number of hydrogen-bond acceptors (Lipinski definition) is 5. The Morgan fingerprint density at radius 2 is 1.82 bits per heavy atom. The number of aryl methyl sites for hydroxylation is 1. The van der Waals surface area contributed by atoms with E-state index in [1.165, 1.54) is 40.8 Å². The number of piperazine rings is 1. The number of urea groups is 1. The topological polar surface area (TPSA) is 89.6 Å². The SMILES string of the molecule is CCC.Cc1nccn1C/C1=C/CC2=C(N=CC3CC23)C(N2CCN(C(=O)Nc3ccc(C#N)cc3)CC2)c2ccccc21. The van der Waals surface area contributed by atoms with Crippen LogP contribution in [0.5, 0.6) is 0 Å². The molecule has 8 heteroatoms. The maximum Gasteiger partial charge on any atom is 0.321 e. The molecule has 2 fully saturated rings. The van der Waals surface area contributed by atoms with Gasteiger partial charge in [0.05, 0.1) is 23.4 Å². The average molecular weight is 588 g/mol. The third-order valence-corrected chi connectivity index (χ3v) is 8.95. The summed E-state index contributed by atoms with van der Waals surface area (Å²) in [5.41, 5.74) is 7.85. The molecule has 2 aromatic carbocycles. The number of fused-ring (bicyclic) bond motifs is 3. The largest absolute Gasteiger partial charge is 0.331 e. The number of benzene rings is 2. The Kier molecular flexibility index (Phi) is 8.76. The number of carbonyl (C=O) groups excluding carboxylic acids is 1. The molecule has 3 heterocycles. The van der Waals surface area contributed by atoms with Gasteiger partial charge in [-0.25, -0.2) is 9.78 Å². The van der Waals surface area contributed by atoms with E-state index in [-0.39, 0.29) is 12.1 Å². The zero-order valence-corrected chi connectivity index (χ0v) is 25.9. The Balaban J connectivity index is 0.00000110. The molecule has 1 saturated carbocycles. The van der Waals surface area contributed by atoms with E-state index in [0.29, 0.717) is 36.2 Å². The number of allylic oxidation sites excluding steroid dienone is 3. The number of nitrogens with one attached hydrogen (secondary N) is 1. The second kappa shape index (κ2) is 13.0. The van der Waals surface area contributed by atoms with Crippen molar-refractivity contribution in [1.82, 2.24) is 19.4 Å². The average Bonchev–Trinajstić information content (AvgIpc) is 3.73. The molecule has 2 aliphatic carbocycles. The van der Waals surface area contributed by atoms with E-state index in [4.69, 9.17) is 10.3 Å². The molecule has 0 bridgehead atoms. The Labute approximate surface area is 260 Å². The molecule has 2 amide bonds. The Morgan fingerprint density at radius 1 is 1.07 bits per heavy atom. The van der Waals surface area contributed by atoms with Crippen molar-refractivity contribution in [2.75, 3.05) is 31.5 Å². The van der Waals surface area contributed by atoms with E-state index in [2.05, 4.69) is 89.4 Å². The molecule has 44 heavy (non-hydrogen) atoms. The van der Waals surface area contributed by atoms with Gasteiger partial charge in [0, 0.05) is 62.9 Å². The van der Waals surface area contributed by atoms with Gasteiger partial charge in [-0.3, -0.25) is 9.89 Å². The van der Waals surface area contributed by atoms with Gasteiger partial charge in [0.2, 0.25) is 0 Å². The lowest BCUT2D eigenvalue weighted by Crippen LogP contribution is -2.51. The van der Waals surface area contributed by atoms with Crippen molar-refractivity contribution in [2.24, 2.45) is 16.8 Å². The van der Waals surface area contributed by atoms with E-state index in [9.17, 15) is 4.79 Å². The number of aromatic nitrogens is 2. The highest BCUT2D eigenvalue weighted by molar-refractivity contribution is 5.89. The van der Waals surface area contributed by atoms with Crippen LogP contribution in [0.25, 0.3) is 5.57 Å². The summed E-state index contributed by atoms with van der Waals surface area (Å²) in [7, 11) is 0. The maximum absolute atomic E-state index is 13.1. The summed E-state index contributed by atoms with van der Waals surface area (Å²) in [4.78, 5) is 27.1. The van der Waals surface area contributed by atoms with Crippen LogP contribution in [-0.2, 0) is 6.54 Å². The van der Waals surface area contributed by atoms with Crippen LogP contribution in [0.3, 0.4) is 0 Å². The van der Waals surface area contributed by atoms with Crippen LogP contribution >= 0.6 is 0 Å². The second-order valence-electron chi connectivity index (χ2n) is 12.1. The first kappa shape index (κ1) is 29.6. The fourth-order valence-electron chi connectivity index (χ4n) is 6.54. The number of hydrogen-bond donors (Lipinski definition) is 1. The molecular formula is C36H41N7O. The van der Waals surface area contributed by atoms with Crippen molar-refractivity contribution >= 4 is 23.5 Å². The summed E-state index contributed by atoms with van der Waals surface area (Å²) < 4.78 is 2.22. The number of nitriles is 1. The molecule has 8 nitrogen and oxygen atoms in total. The minimum absolute atomic E-state index is 0.0512. The van der Waals surface area contributed by atoms with Crippen LogP contribution in [0.1, 0.15) is 61.7 Å². The molecule has 0 radical (unpaired) electrons. The molecule has 226 valence electrons. The number of rotatable bonds is 4. The van der Waals surface area contributed by atoms with Crippen LogP contribution in [0, 0.1) is 30.1 Å². The lowest BCUT2D eigenvalue weighted by atomic mass is 9.84. The van der Waals surface area contributed by atoms with Crippen LogP contribution in [-0.4, -0.2) is 57.8 Å². The lowest BCUT2D eigenvalue weighted by Gasteiger charge is -2.41. The van der Waals surface area contributed by atoms with Gasteiger partial charge in [0.25, 0.3) is 0 Å². The van der Waals surface area contributed by atoms with Crippen molar-refractivity contribution < 1.29 is 4.79 Å². The molecule has 7 rings (SSSR count). The smallest absolute Gasteiger partial charge is 0.321 e. The van der Waals surface area contributed by atoms with Crippen molar-refractivity contribution in [3.8, 4) is 6.07 Å². The number of amides is 2. The lowest BCUT2D eigenvalue weighted by molar-refractivity contribution is 0.124. The third-order valence-electron chi connectivity index (χ3n) is 8.95. The van der Waals surface area contributed by atoms with E-state index >= 15 is 0 Å². The number of aliphatic imine (C=N–C) groups is 1. The zero-order valence-electron chi connectivity index (χ0n) is 25.9. The highest BCUT2D eigenvalue weighted by Crippen LogP contribution is 2.52. The van der Waals surface area contributed by atoms with Gasteiger partial charge in [-0.2, -0.15) is 5.26 Å². The van der Waals surface area contributed by atoms with Crippen molar-refractivity contribution in [1.29, 1.82) is 5.26 Å². The normalized spacial score (nSPS) is 23.4. The molecule has 2 aliphatic heterocycles. The fraction of sp³-hybridized carbons (Fsp3) is 0.389. The standard InChI is InChI=1S/C33H33N7O.C3H8/c1-22-35-12-13-40(22)21-24-8-11-28-30-18-25(30)20-36-31(28)32(29-5-3-2-4-27(24)29)38-14-16-39(17-15-38)33(41)37-26-9-6-23(19-34)7-10-26;1-3-2/h2-10,12-13,20,25,30,32H,11,14-18,21H2,1H3,(H,37,41);3H2,1-2H3/b24-8-;. The van der Waals surface area contributed by atoms with E-state index in [1.54, 1.807) is 24.3 Å². The Bertz CT molecular complexity index is 1630. The van der Waals surface area contributed by atoms with Crippen LogP contribution in [0.2, 0.25) is 0 Å². The first-order chi connectivity index (χ1) is 21.5. The van der Waals surface area contributed by atoms with Crippen molar-refractivity contribution in [3.05, 3.63) is 101 Å². The van der Waals surface area contributed by atoms with Crippen molar-refractivity contribution in [3.63, 3.8) is 0 Å². The molecule has 0 spiro atoms. The van der Waals surface area contributed by atoms with Gasteiger partial charge in [0.15, 0.2) is 0 Å². The molecule has 1 N–H and O–H groups in total. The molecular weight excluding hydrogens is 546 g/mol. The van der Waals surface area contributed by atoms with Crippen LogP contribution < -0.4 is 5.32 Å². The van der Waals surface area contributed by atoms with E-state index in [1.807, 2.05) is 11.1 Å². The first-order valence-corrected chi connectivity index (χ1v) is 15.8. The minimum Gasteiger partial charge on any atom is -0.331 e. The summed E-state index contributed by atoms with van der Waals surface area (Å²) in [6, 6.07) is 17.8. The number of imidazole rings is 1. The predicted octanol–water partition coefficient (Wildman–Crippen LogP) is 6.83. The van der Waals surface area contributed by atoms with Crippen LogP contribution in [0.4, 0.5) is 10.5 Å². The monoisotopic (exact) mass is 587 g/mol. The molecule has 3 aromatic rings. The number of nitrogens with zero attached hydrogens (tertiary/aromatic N) is 6. The van der Waals surface area contributed by atoms with Gasteiger partial charge < -0.3 is 14.8 Å². The second-order valence-corrected chi connectivity index (χ2v) is 12.1. The highest BCUT2D eigenvalue weighted by atomic mass is 16.2. The molecule has 3 unspecified atom stereocenters. The number of carbonyl (C=O) groups is 1. The van der Waals surface area contributed by atoms with E-state index < -0.39 is 0 Å². The highest BCUT2D eigenvalue weighted by Gasteiger charge is 2.45. The summed E-state index contributed by atoms with van der Waals surface area (Å²) in [6.45, 7) is 9.89. The predicted molar refractivity (Wildman–Crippen MR) is 175 cm³/mol. The molecule has 3 atom stereocenters. The quantitative estimate of drug-likeness (QED) is 0.362. The third kappa shape index (κ3) is 6.11. The minimum atomic E-state index is -0.107. The van der Waals surface area contributed by atoms with Crippen LogP contribution in [0.15, 0.2) is 83.3 Å². The molecule has 4 aliphatic rings. The van der Waals surface area contributed by atoms with Gasteiger partial charge >= 0.3 is 6.03 Å². The van der Waals surface area contributed by atoms with Gasteiger partial charge in [0.1, 0.15) is 5.82 Å². The Hall–Kier alpha value is -4.48. The first-order valence-electron chi connectivity index (χ1n) is 15.8. The Morgan fingerprint density at radius 3 is 2.52 bits per heavy atom. The van der Waals surface area contributed by atoms with E-state index in [0.717, 1.165) is 31.9 Å². The van der Waals surface area contributed by atoms with Gasteiger partial charge in [-0.15, -0.1) is 0 Å². The molecule has 1 aromatic heterocycles. The summed E-state index contributed by atoms with van der Waals surface area (Å²) in [5, 5.41) is 12.0. The summed E-state index contributed by atoms with van der Waals surface area (Å²) in [5.74, 6) is 2.20. The van der Waals surface area contributed by atoms with Gasteiger partial charge in [-0.05, 0) is 72.2 Å². The molecule has 1 saturated heterocycles. The van der Waals surface area contributed by atoms with Gasteiger partial charge in [-0.1, -0.05) is 50.6 Å². The maximum atomic E-state index is 13.1. The zero-order chi connectivity index (χ0) is 30.6. The fourth-order valence-corrected chi connectivity index (χ4v) is 6.54. The number of anilines is 1. The summed E-state index contributed by atoms with van der Waals surface area (Å²) in [6.07, 6.45) is 11.9. The summed E-state index contributed by atoms with van der Waals surface area (Å²) >= 11 is 0. The van der Waals surface area contributed by atoms with Crippen molar-refractivity contribution in [2.45, 2.75) is 52.6 Å².